The van der Waals surface area contributed by atoms with Gasteiger partial charge in [-0.3, -0.25) is 0 Å². The normalized spacial score (nSPS) is 12.0. The van der Waals surface area contributed by atoms with Crippen LogP contribution in [0.25, 0.3) is 70.9 Å². The third kappa shape index (κ3) is 2.71. The maximum atomic E-state index is 3.80. The maximum absolute atomic E-state index is 3.80. The summed E-state index contributed by atoms with van der Waals surface area (Å²) in [5.74, 6) is 0. The van der Waals surface area contributed by atoms with Crippen molar-refractivity contribution in [3.8, 4) is 16.8 Å². The predicted molar refractivity (Wildman–Crippen MR) is 158 cm³/mol. The summed E-state index contributed by atoms with van der Waals surface area (Å²) in [6.45, 7) is 0. The fourth-order valence-electron chi connectivity index (χ4n) is 5.99. The van der Waals surface area contributed by atoms with Crippen molar-refractivity contribution >= 4 is 70.1 Å². The summed E-state index contributed by atoms with van der Waals surface area (Å²) in [6, 6.07) is 44.2. The lowest BCUT2D eigenvalue weighted by atomic mass is 9.92. The van der Waals surface area contributed by atoms with Gasteiger partial charge in [-0.25, -0.2) is 0 Å². The van der Waals surface area contributed by atoms with Crippen LogP contribution in [0, 0.1) is 0 Å². The molecule has 0 radical (unpaired) electrons. The lowest BCUT2D eigenvalue weighted by molar-refractivity contribution is 1.19. The van der Waals surface area contributed by atoms with Crippen molar-refractivity contribution in [1.82, 2.24) is 4.57 Å². The summed E-state index contributed by atoms with van der Waals surface area (Å²) in [7, 11) is 0. The first-order valence-electron chi connectivity index (χ1n) is 12.2. The molecule has 0 aliphatic carbocycles. The van der Waals surface area contributed by atoms with Gasteiger partial charge in [0.25, 0.3) is 0 Å². The van der Waals surface area contributed by atoms with Gasteiger partial charge in [0.1, 0.15) is 0 Å². The second-order valence-corrected chi connectivity index (χ2v) is 10.4. The molecule has 0 N–H and O–H groups in total. The van der Waals surface area contributed by atoms with E-state index in [4.69, 9.17) is 0 Å². The zero-order valence-corrected chi connectivity index (χ0v) is 21.0. The van der Waals surface area contributed by atoms with Crippen molar-refractivity contribution in [2.45, 2.75) is 0 Å². The Balaban J connectivity index is 1.61. The van der Waals surface area contributed by atoms with Gasteiger partial charge in [-0.05, 0) is 74.5 Å². The molecular formula is C34H20BrN. The summed E-state index contributed by atoms with van der Waals surface area (Å²) in [6.07, 6.45) is 0. The molecule has 0 amide bonds. The molecule has 1 heterocycles. The van der Waals surface area contributed by atoms with Crippen LogP contribution in [0.3, 0.4) is 0 Å². The third-order valence-electron chi connectivity index (χ3n) is 7.57. The van der Waals surface area contributed by atoms with E-state index in [2.05, 4.69) is 142 Å². The third-order valence-corrected chi connectivity index (χ3v) is 8.27. The Morgan fingerprint density at radius 1 is 0.472 bits per heavy atom. The SMILES string of the molecule is Brc1ccc2ccc3cc4c5cc(-c6ccccc6)ccc5n(-c5ccccc5)c4c4ccc1c2c34. The van der Waals surface area contributed by atoms with Gasteiger partial charge in [-0.1, -0.05) is 101 Å². The molecule has 0 saturated carbocycles. The number of hydrogen-bond donors (Lipinski definition) is 0. The second-order valence-electron chi connectivity index (χ2n) is 9.51. The Bertz CT molecular complexity index is 2090. The van der Waals surface area contributed by atoms with Gasteiger partial charge in [0.2, 0.25) is 0 Å². The first-order valence-corrected chi connectivity index (χ1v) is 13.0. The van der Waals surface area contributed by atoms with E-state index in [0.29, 0.717) is 0 Å². The second kappa shape index (κ2) is 7.43. The van der Waals surface area contributed by atoms with E-state index in [1.165, 1.54) is 70.9 Å². The fourth-order valence-corrected chi connectivity index (χ4v) is 6.46. The van der Waals surface area contributed by atoms with Gasteiger partial charge >= 0.3 is 0 Å². The molecule has 1 nitrogen and oxygen atoms in total. The molecule has 2 heteroatoms. The fraction of sp³-hybridized carbons (Fsp3) is 0. The molecule has 0 bridgehead atoms. The molecule has 0 fully saturated rings. The van der Waals surface area contributed by atoms with Crippen molar-refractivity contribution in [1.29, 1.82) is 0 Å². The van der Waals surface area contributed by atoms with Crippen LogP contribution < -0.4 is 0 Å². The summed E-state index contributed by atoms with van der Waals surface area (Å²) >= 11 is 3.80. The van der Waals surface area contributed by atoms with Crippen LogP contribution in [0.15, 0.2) is 126 Å². The molecule has 0 saturated heterocycles. The zero-order valence-electron chi connectivity index (χ0n) is 19.4. The highest BCUT2D eigenvalue weighted by Gasteiger charge is 2.19. The van der Waals surface area contributed by atoms with Gasteiger partial charge in [0.15, 0.2) is 0 Å². The van der Waals surface area contributed by atoms with Crippen molar-refractivity contribution in [3.05, 3.63) is 126 Å². The number of nitrogens with zero attached hydrogens (tertiary/aromatic N) is 1. The van der Waals surface area contributed by atoms with Gasteiger partial charge in [-0.2, -0.15) is 0 Å². The van der Waals surface area contributed by atoms with E-state index in [1.807, 2.05) is 0 Å². The number of rotatable bonds is 2. The molecular weight excluding hydrogens is 502 g/mol. The maximum Gasteiger partial charge on any atom is 0.0620 e. The van der Waals surface area contributed by atoms with Crippen LogP contribution in [-0.4, -0.2) is 4.57 Å². The Morgan fingerprint density at radius 2 is 1.17 bits per heavy atom. The molecule has 8 aromatic rings. The molecule has 0 aliphatic heterocycles. The van der Waals surface area contributed by atoms with E-state index >= 15 is 0 Å². The van der Waals surface area contributed by atoms with Crippen LogP contribution in [0.4, 0.5) is 0 Å². The minimum atomic E-state index is 1.14. The minimum Gasteiger partial charge on any atom is -0.309 e. The van der Waals surface area contributed by atoms with E-state index in [-0.39, 0.29) is 0 Å². The Hall–Kier alpha value is -4.14. The lowest BCUT2D eigenvalue weighted by Gasteiger charge is -2.15. The molecule has 8 rings (SSSR count). The largest absolute Gasteiger partial charge is 0.309 e. The minimum absolute atomic E-state index is 1.14. The summed E-state index contributed by atoms with van der Waals surface area (Å²) in [5.41, 5.74) is 6.16. The number of para-hydroxylation sites is 1. The first kappa shape index (κ1) is 20.1. The van der Waals surface area contributed by atoms with Crippen molar-refractivity contribution in [2.24, 2.45) is 0 Å². The molecule has 0 spiro atoms. The highest BCUT2D eigenvalue weighted by molar-refractivity contribution is 9.10. The highest BCUT2D eigenvalue weighted by atomic mass is 79.9. The van der Waals surface area contributed by atoms with Crippen LogP contribution >= 0.6 is 15.9 Å². The molecule has 36 heavy (non-hydrogen) atoms. The molecule has 0 atom stereocenters. The van der Waals surface area contributed by atoms with Gasteiger partial charge in [0.05, 0.1) is 11.0 Å². The van der Waals surface area contributed by atoms with Crippen molar-refractivity contribution < 1.29 is 0 Å². The predicted octanol–water partition coefficient (Wildman–Crippen LogP) is 10.1. The molecule has 1 aromatic heterocycles. The number of hydrogen-bond acceptors (Lipinski definition) is 0. The Labute approximate surface area is 216 Å². The van der Waals surface area contributed by atoms with Crippen LogP contribution in [0.2, 0.25) is 0 Å². The van der Waals surface area contributed by atoms with E-state index in [9.17, 15) is 0 Å². The number of halogens is 1. The zero-order chi connectivity index (χ0) is 23.8. The lowest BCUT2D eigenvalue weighted by Crippen LogP contribution is -1.95. The van der Waals surface area contributed by atoms with E-state index in [1.54, 1.807) is 0 Å². The Kier molecular flexibility index (Phi) is 4.15. The average molecular weight is 522 g/mol. The van der Waals surface area contributed by atoms with Crippen LogP contribution in [0.1, 0.15) is 0 Å². The van der Waals surface area contributed by atoms with Crippen molar-refractivity contribution in [2.75, 3.05) is 0 Å². The Morgan fingerprint density at radius 3 is 2.00 bits per heavy atom. The molecule has 7 aromatic carbocycles. The summed E-state index contributed by atoms with van der Waals surface area (Å²) < 4.78 is 3.58. The monoisotopic (exact) mass is 521 g/mol. The molecule has 0 unspecified atom stereocenters. The van der Waals surface area contributed by atoms with Crippen molar-refractivity contribution in [3.63, 3.8) is 0 Å². The first-order chi connectivity index (χ1) is 17.8. The quantitative estimate of drug-likeness (QED) is 0.199. The average Bonchev–Trinajstić information content (AvgIpc) is 3.27. The summed E-state index contributed by atoms with van der Waals surface area (Å²) in [5, 5.41) is 10.3. The standard InChI is InChI=1S/C34H20BrN/c35-30-17-13-22-11-12-24-20-29-28-19-23(21-7-3-1-4-8-21)14-18-31(28)36(25-9-5-2-6-10-25)34(29)27-16-15-26(30)32(22)33(24)27/h1-20H. The molecule has 0 aliphatic rings. The van der Waals surface area contributed by atoms with Crippen LogP contribution in [0.5, 0.6) is 0 Å². The smallest absolute Gasteiger partial charge is 0.0620 e. The van der Waals surface area contributed by atoms with Crippen LogP contribution in [-0.2, 0) is 0 Å². The topological polar surface area (TPSA) is 4.93 Å². The summed E-state index contributed by atoms with van der Waals surface area (Å²) in [4.78, 5) is 0. The van der Waals surface area contributed by atoms with Gasteiger partial charge in [-0.15, -0.1) is 0 Å². The van der Waals surface area contributed by atoms with E-state index in [0.717, 1.165) is 4.47 Å². The van der Waals surface area contributed by atoms with E-state index < -0.39 is 0 Å². The molecule has 168 valence electrons. The number of fused-ring (bicyclic) bond motifs is 4. The number of benzene rings is 7. The van der Waals surface area contributed by atoms with Gasteiger partial charge < -0.3 is 4.57 Å². The number of aromatic nitrogens is 1. The van der Waals surface area contributed by atoms with Gasteiger partial charge in [0, 0.05) is 26.3 Å². The highest BCUT2D eigenvalue weighted by Crippen LogP contribution is 2.44.